The topological polar surface area (TPSA) is 53.8 Å². The van der Waals surface area contributed by atoms with Crippen molar-refractivity contribution in [1.82, 2.24) is 5.32 Å². The average molecular weight is 427 g/mol. The molecule has 3 aromatic carbocycles. The molecule has 2 atom stereocenters. The van der Waals surface area contributed by atoms with Crippen LogP contribution in [-0.2, 0) is 0 Å². The normalized spacial score (nSPS) is 18.9. The van der Waals surface area contributed by atoms with Crippen LogP contribution in [-0.4, -0.2) is 17.9 Å². The van der Waals surface area contributed by atoms with E-state index in [2.05, 4.69) is 5.32 Å². The number of halogens is 2. The van der Waals surface area contributed by atoms with Gasteiger partial charge in [0.15, 0.2) is 0 Å². The summed E-state index contributed by atoms with van der Waals surface area (Å²) in [4.78, 5) is 4.94. The average Bonchev–Trinajstić information content (AvgIpc) is 2.75. The van der Waals surface area contributed by atoms with Crippen LogP contribution in [0.1, 0.15) is 35.3 Å². The molecule has 4 rings (SSSR count). The highest BCUT2D eigenvalue weighted by molar-refractivity contribution is 6.31. The zero-order valence-corrected chi connectivity index (χ0v) is 17.3. The van der Waals surface area contributed by atoms with Crippen LogP contribution < -0.4 is 10.1 Å². The van der Waals surface area contributed by atoms with Crippen LogP contribution in [0, 0.1) is 0 Å². The monoisotopic (exact) mass is 426 g/mol. The van der Waals surface area contributed by atoms with Gasteiger partial charge >= 0.3 is 0 Å². The minimum atomic E-state index is -0.303. The Morgan fingerprint density at radius 2 is 1.76 bits per heavy atom. The number of benzene rings is 3. The Labute approximate surface area is 179 Å². The predicted molar refractivity (Wildman–Crippen MR) is 117 cm³/mol. The number of ether oxygens (including phenoxy) is 1. The highest BCUT2D eigenvalue weighted by Crippen LogP contribution is 2.36. The summed E-state index contributed by atoms with van der Waals surface area (Å²) in [6, 6.07) is 20.4. The van der Waals surface area contributed by atoms with E-state index in [1.807, 2.05) is 48.5 Å². The zero-order chi connectivity index (χ0) is 20.4. The molecule has 1 aliphatic heterocycles. The number of nitrogens with one attached hydrogen (secondary N) is 1. The van der Waals surface area contributed by atoms with Crippen molar-refractivity contribution in [2.75, 3.05) is 7.11 Å². The lowest BCUT2D eigenvalue weighted by Crippen LogP contribution is -2.33. The Balaban J connectivity index is 1.76. The zero-order valence-electron chi connectivity index (χ0n) is 15.8. The van der Waals surface area contributed by atoms with Gasteiger partial charge in [-0.15, -0.1) is 0 Å². The lowest BCUT2D eigenvalue weighted by atomic mass is 9.93. The van der Waals surface area contributed by atoms with Crippen molar-refractivity contribution in [3.63, 3.8) is 0 Å². The fourth-order valence-corrected chi connectivity index (χ4v) is 3.90. The third-order valence-corrected chi connectivity index (χ3v) is 5.46. The molecule has 1 aliphatic rings. The number of phenols is 1. The van der Waals surface area contributed by atoms with E-state index in [1.54, 1.807) is 25.3 Å². The van der Waals surface area contributed by atoms with Crippen LogP contribution in [0.4, 0.5) is 0 Å². The summed E-state index contributed by atoms with van der Waals surface area (Å²) >= 11 is 12.4. The number of methoxy groups -OCH3 is 1. The Kier molecular flexibility index (Phi) is 5.76. The standard InChI is InChI=1S/C23H20Cl2N2O2/c1-29-18-8-5-14(6-9-18)20-13-21(19-12-17(25)7-10-22(19)28)27-23(26-20)15-3-2-4-16(24)11-15/h2-12,21,23,27-28H,13H2,1H3/t21-,23+/m0/s1. The molecule has 4 nitrogen and oxygen atoms in total. The molecule has 29 heavy (non-hydrogen) atoms. The lowest BCUT2D eigenvalue weighted by Gasteiger charge is -2.31. The quantitative estimate of drug-likeness (QED) is 0.543. The first-order valence-electron chi connectivity index (χ1n) is 9.24. The Morgan fingerprint density at radius 1 is 1.00 bits per heavy atom. The molecule has 0 radical (unpaired) electrons. The molecule has 3 aromatic rings. The number of nitrogens with zero attached hydrogens (tertiary/aromatic N) is 1. The van der Waals surface area contributed by atoms with Gasteiger partial charge in [0.2, 0.25) is 0 Å². The third kappa shape index (κ3) is 4.40. The molecular weight excluding hydrogens is 407 g/mol. The Morgan fingerprint density at radius 3 is 2.48 bits per heavy atom. The first-order chi connectivity index (χ1) is 14.0. The van der Waals surface area contributed by atoms with E-state index in [0.717, 1.165) is 28.2 Å². The summed E-state index contributed by atoms with van der Waals surface area (Å²) in [5.74, 6) is 0.992. The van der Waals surface area contributed by atoms with Gasteiger partial charge < -0.3 is 9.84 Å². The predicted octanol–water partition coefficient (Wildman–Crippen LogP) is 5.93. The number of hydrogen-bond acceptors (Lipinski definition) is 4. The second-order valence-corrected chi connectivity index (χ2v) is 7.76. The van der Waals surface area contributed by atoms with Crippen molar-refractivity contribution < 1.29 is 9.84 Å². The van der Waals surface area contributed by atoms with Gasteiger partial charge in [-0.2, -0.15) is 0 Å². The van der Waals surface area contributed by atoms with Crippen molar-refractivity contribution in [1.29, 1.82) is 0 Å². The fourth-order valence-electron chi connectivity index (χ4n) is 3.52. The molecule has 0 bridgehead atoms. The smallest absolute Gasteiger partial charge is 0.126 e. The number of hydrogen-bond donors (Lipinski definition) is 2. The largest absolute Gasteiger partial charge is 0.508 e. The molecule has 0 saturated heterocycles. The van der Waals surface area contributed by atoms with Crippen LogP contribution in [0.25, 0.3) is 0 Å². The van der Waals surface area contributed by atoms with Gasteiger partial charge in [0.1, 0.15) is 17.7 Å². The Bertz CT molecular complexity index is 1050. The van der Waals surface area contributed by atoms with Crippen LogP contribution in [0.2, 0.25) is 10.0 Å². The SMILES string of the molecule is COc1ccc(C2=N[C@@H](c3cccc(Cl)c3)N[C@H](c3cc(Cl)ccc3O)C2)cc1. The van der Waals surface area contributed by atoms with Gasteiger partial charge in [-0.3, -0.25) is 10.3 Å². The molecular formula is C23H20Cl2N2O2. The van der Waals surface area contributed by atoms with Crippen molar-refractivity contribution >= 4 is 28.9 Å². The van der Waals surface area contributed by atoms with E-state index >= 15 is 0 Å². The van der Waals surface area contributed by atoms with E-state index < -0.39 is 0 Å². The molecule has 0 aliphatic carbocycles. The summed E-state index contributed by atoms with van der Waals surface area (Å²) in [6.45, 7) is 0. The van der Waals surface area contributed by atoms with Gasteiger partial charge in [-0.25, -0.2) is 0 Å². The van der Waals surface area contributed by atoms with E-state index in [4.69, 9.17) is 32.9 Å². The highest BCUT2D eigenvalue weighted by Gasteiger charge is 2.28. The van der Waals surface area contributed by atoms with E-state index in [9.17, 15) is 5.11 Å². The van der Waals surface area contributed by atoms with Crippen LogP contribution in [0.15, 0.2) is 71.7 Å². The van der Waals surface area contributed by atoms with Crippen LogP contribution >= 0.6 is 23.2 Å². The van der Waals surface area contributed by atoms with Crippen molar-refractivity contribution in [3.8, 4) is 11.5 Å². The second-order valence-electron chi connectivity index (χ2n) is 6.89. The first-order valence-corrected chi connectivity index (χ1v) is 10.00. The first kappa shape index (κ1) is 19.8. The molecule has 0 saturated carbocycles. The van der Waals surface area contributed by atoms with Crippen molar-refractivity contribution in [2.24, 2.45) is 4.99 Å². The van der Waals surface area contributed by atoms with Crippen molar-refractivity contribution in [2.45, 2.75) is 18.6 Å². The van der Waals surface area contributed by atoms with E-state index in [1.165, 1.54) is 0 Å². The summed E-state index contributed by atoms with van der Waals surface area (Å²) in [6.07, 6.45) is 0.306. The van der Waals surface area contributed by atoms with Crippen LogP contribution in [0.5, 0.6) is 11.5 Å². The molecule has 0 amide bonds. The molecule has 2 N–H and O–H groups in total. The highest BCUT2D eigenvalue weighted by atomic mass is 35.5. The number of rotatable bonds is 4. The summed E-state index contributed by atoms with van der Waals surface area (Å²) < 4.78 is 5.26. The summed E-state index contributed by atoms with van der Waals surface area (Å²) in [5.41, 5.74) is 3.63. The summed E-state index contributed by atoms with van der Waals surface area (Å²) in [5, 5.41) is 15.2. The van der Waals surface area contributed by atoms with Gasteiger partial charge in [-0.1, -0.05) is 35.3 Å². The molecule has 0 fully saturated rings. The van der Waals surface area contributed by atoms with Gasteiger partial charge in [0.25, 0.3) is 0 Å². The number of phenolic OH excluding ortho intramolecular Hbond substituents is 1. The number of aliphatic imine (C=N–C) groups is 1. The maximum absolute atomic E-state index is 10.4. The molecule has 6 heteroatoms. The minimum Gasteiger partial charge on any atom is -0.508 e. The van der Waals surface area contributed by atoms with Crippen LogP contribution in [0.3, 0.4) is 0 Å². The molecule has 0 spiro atoms. The maximum Gasteiger partial charge on any atom is 0.126 e. The molecule has 148 valence electrons. The van der Waals surface area contributed by atoms with Gasteiger partial charge in [0, 0.05) is 33.8 Å². The van der Waals surface area contributed by atoms with Gasteiger partial charge in [-0.05, 0) is 65.7 Å². The summed E-state index contributed by atoms with van der Waals surface area (Å²) in [7, 11) is 1.64. The van der Waals surface area contributed by atoms with E-state index in [-0.39, 0.29) is 18.0 Å². The Hall–Kier alpha value is -2.53. The fraction of sp³-hybridized carbons (Fsp3) is 0.174. The lowest BCUT2D eigenvalue weighted by molar-refractivity contribution is 0.412. The van der Waals surface area contributed by atoms with Gasteiger partial charge in [0.05, 0.1) is 7.11 Å². The minimum absolute atomic E-state index is 0.160. The third-order valence-electron chi connectivity index (χ3n) is 4.99. The second kappa shape index (κ2) is 8.46. The number of aromatic hydroxyl groups is 1. The molecule has 0 aromatic heterocycles. The molecule has 0 unspecified atom stereocenters. The van der Waals surface area contributed by atoms with E-state index in [0.29, 0.717) is 16.5 Å². The maximum atomic E-state index is 10.4. The molecule has 1 heterocycles. The van der Waals surface area contributed by atoms with Crippen molar-refractivity contribution in [3.05, 3.63) is 93.5 Å².